The third kappa shape index (κ3) is 3.83. The number of aldehydes is 1. The molecule has 4 heteroatoms. The number of rotatable bonds is 6. The van der Waals surface area contributed by atoms with E-state index in [0.29, 0.717) is 18.2 Å². The number of nitrogens with zero attached hydrogens (tertiary/aromatic N) is 1. The van der Waals surface area contributed by atoms with E-state index in [9.17, 15) is 9.59 Å². The summed E-state index contributed by atoms with van der Waals surface area (Å²) in [5, 5.41) is 0.685. The minimum atomic E-state index is -0.230. The predicted octanol–water partition coefficient (Wildman–Crippen LogP) is 1.71. The molecule has 0 spiro atoms. The average Bonchev–Trinajstić information content (AvgIpc) is 2.25. The highest BCUT2D eigenvalue weighted by molar-refractivity contribution is 9.09. The standard InChI is InChI=1S/C11H14BrNO2/c1-4-9(8-14)10(5-2)11(15)13(3)7-6-12/h4-5,8H,1-2,6-7H2,3H3/b10-9-. The van der Waals surface area contributed by atoms with E-state index in [1.54, 1.807) is 7.05 Å². The number of hydrogen-bond acceptors (Lipinski definition) is 2. The molecule has 0 atom stereocenters. The first kappa shape index (κ1) is 13.8. The van der Waals surface area contributed by atoms with Gasteiger partial charge in [0.15, 0.2) is 6.29 Å². The minimum absolute atomic E-state index is 0.230. The van der Waals surface area contributed by atoms with Crippen LogP contribution in [0.5, 0.6) is 0 Å². The Morgan fingerprint density at radius 2 is 2.00 bits per heavy atom. The maximum Gasteiger partial charge on any atom is 0.254 e. The largest absolute Gasteiger partial charge is 0.341 e. The van der Waals surface area contributed by atoms with Crippen molar-refractivity contribution in [3.63, 3.8) is 0 Å². The normalized spacial score (nSPS) is 11.3. The van der Waals surface area contributed by atoms with E-state index < -0.39 is 0 Å². The van der Waals surface area contributed by atoms with Crippen LogP contribution < -0.4 is 0 Å². The van der Waals surface area contributed by atoms with Crippen LogP contribution in [0.4, 0.5) is 0 Å². The summed E-state index contributed by atoms with van der Waals surface area (Å²) in [5.74, 6) is -0.230. The smallest absolute Gasteiger partial charge is 0.254 e. The van der Waals surface area contributed by atoms with Gasteiger partial charge in [0, 0.05) is 30.1 Å². The van der Waals surface area contributed by atoms with Crippen LogP contribution >= 0.6 is 15.9 Å². The van der Waals surface area contributed by atoms with Crippen molar-refractivity contribution in [1.29, 1.82) is 0 Å². The molecule has 0 radical (unpaired) electrons. The summed E-state index contributed by atoms with van der Waals surface area (Å²) in [6, 6.07) is 0. The van der Waals surface area contributed by atoms with Crippen LogP contribution in [0.15, 0.2) is 36.5 Å². The molecule has 0 bridgehead atoms. The van der Waals surface area contributed by atoms with E-state index >= 15 is 0 Å². The zero-order valence-electron chi connectivity index (χ0n) is 8.70. The number of amides is 1. The van der Waals surface area contributed by atoms with E-state index in [-0.39, 0.29) is 17.1 Å². The van der Waals surface area contributed by atoms with Crippen molar-refractivity contribution in [2.24, 2.45) is 0 Å². The van der Waals surface area contributed by atoms with Crippen molar-refractivity contribution in [2.75, 3.05) is 18.9 Å². The molecule has 0 aromatic heterocycles. The highest BCUT2D eigenvalue weighted by Gasteiger charge is 2.14. The van der Waals surface area contributed by atoms with Gasteiger partial charge in [0.1, 0.15) is 0 Å². The van der Waals surface area contributed by atoms with Gasteiger partial charge in [0.25, 0.3) is 5.91 Å². The molecule has 15 heavy (non-hydrogen) atoms. The van der Waals surface area contributed by atoms with Crippen LogP contribution in [0, 0.1) is 0 Å². The van der Waals surface area contributed by atoms with Gasteiger partial charge >= 0.3 is 0 Å². The first-order chi connectivity index (χ1) is 7.12. The second-order valence-corrected chi connectivity index (χ2v) is 3.60. The topological polar surface area (TPSA) is 37.4 Å². The predicted molar refractivity (Wildman–Crippen MR) is 64.9 cm³/mol. The van der Waals surface area contributed by atoms with Gasteiger partial charge in [-0.15, -0.1) is 0 Å². The second-order valence-electron chi connectivity index (χ2n) is 2.81. The molecule has 1 amide bonds. The van der Waals surface area contributed by atoms with Crippen LogP contribution in [0.1, 0.15) is 0 Å². The number of carbonyl (C=O) groups excluding carboxylic acids is 2. The van der Waals surface area contributed by atoms with Crippen LogP contribution in [0.2, 0.25) is 0 Å². The molecule has 0 aliphatic heterocycles. The van der Waals surface area contributed by atoms with Gasteiger partial charge in [-0.2, -0.15) is 0 Å². The number of allylic oxidation sites excluding steroid dienone is 2. The zero-order valence-corrected chi connectivity index (χ0v) is 10.3. The quantitative estimate of drug-likeness (QED) is 0.319. The molecule has 0 saturated carbocycles. The fourth-order valence-electron chi connectivity index (χ4n) is 0.984. The van der Waals surface area contributed by atoms with Crippen molar-refractivity contribution in [2.45, 2.75) is 0 Å². The number of halogens is 1. The fraction of sp³-hybridized carbons (Fsp3) is 0.273. The summed E-state index contributed by atoms with van der Waals surface area (Å²) in [6.07, 6.45) is 3.33. The van der Waals surface area contributed by atoms with Crippen molar-refractivity contribution in [1.82, 2.24) is 4.90 Å². The van der Waals surface area contributed by atoms with Crippen LogP contribution in [0.3, 0.4) is 0 Å². The van der Waals surface area contributed by atoms with Crippen LogP contribution in [-0.4, -0.2) is 36.0 Å². The summed E-state index contributed by atoms with van der Waals surface area (Å²) in [5.41, 5.74) is 0.542. The maximum atomic E-state index is 11.8. The summed E-state index contributed by atoms with van der Waals surface area (Å²) in [4.78, 5) is 24.0. The summed E-state index contributed by atoms with van der Waals surface area (Å²) < 4.78 is 0. The average molecular weight is 272 g/mol. The maximum absolute atomic E-state index is 11.8. The van der Waals surface area contributed by atoms with Gasteiger partial charge in [-0.3, -0.25) is 9.59 Å². The van der Waals surface area contributed by atoms with E-state index in [1.807, 2.05) is 0 Å². The molecule has 0 unspecified atom stereocenters. The van der Waals surface area contributed by atoms with Gasteiger partial charge in [0.05, 0.1) is 0 Å². The van der Waals surface area contributed by atoms with Gasteiger partial charge in [-0.25, -0.2) is 0 Å². The van der Waals surface area contributed by atoms with Gasteiger partial charge in [0.2, 0.25) is 0 Å². The molecule has 82 valence electrons. The number of alkyl halides is 1. The lowest BCUT2D eigenvalue weighted by atomic mass is 10.1. The lowest BCUT2D eigenvalue weighted by Gasteiger charge is -2.16. The minimum Gasteiger partial charge on any atom is -0.341 e. The summed E-state index contributed by atoms with van der Waals surface area (Å²) in [6.45, 7) is 7.56. The molecule has 0 aromatic rings. The molecule has 0 N–H and O–H groups in total. The van der Waals surface area contributed by atoms with Gasteiger partial charge in [-0.05, 0) is 0 Å². The first-order valence-corrected chi connectivity index (χ1v) is 5.50. The molecule has 0 fully saturated rings. The van der Waals surface area contributed by atoms with Gasteiger partial charge in [-0.1, -0.05) is 41.2 Å². The van der Waals surface area contributed by atoms with Crippen molar-refractivity contribution >= 4 is 28.1 Å². The summed E-state index contributed by atoms with van der Waals surface area (Å²) >= 11 is 3.24. The van der Waals surface area contributed by atoms with E-state index in [4.69, 9.17) is 0 Å². The number of likely N-dealkylation sites (N-methyl/N-ethyl adjacent to an activating group) is 1. The second kappa shape index (κ2) is 7.17. The van der Waals surface area contributed by atoms with Crippen molar-refractivity contribution < 1.29 is 9.59 Å². The molecule has 0 aromatic carbocycles. The lowest BCUT2D eigenvalue weighted by Crippen LogP contribution is -2.30. The third-order valence-electron chi connectivity index (χ3n) is 1.86. The number of hydrogen-bond donors (Lipinski definition) is 0. The Bertz CT molecular complexity index is 298. The Hall–Kier alpha value is -1.16. The van der Waals surface area contributed by atoms with Gasteiger partial charge < -0.3 is 4.90 Å². The molecule has 0 heterocycles. The van der Waals surface area contributed by atoms with Crippen LogP contribution in [0.25, 0.3) is 0 Å². The molecular formula is C11H14BrNO2. The van der Waals surface area contributed by atoms with E-state index in [0.717, 1.165) is 0 Å². The molecule has 0 aliphatic rings. The SMILES string of the molecule is C=C/C(C=O)=C(\C=C)C(=O)N(C)CCBr. The van der Waals surface area contributed by atoms with Crippen molar-refractivity contribution in [3.8, 4) is 0 Å². The Morgan fingerprint density at radius 1 is 1.40 bits per heavy atom. The molecule has 0 rings (SSSR count). The lowest BCUT2D eigenvalue weighted by molar-refractivity contribution is -0.125. The monoisotopic (exact) mass is 271 g/mol. The molecule has 0 aliphatic carbocycles. The number of carbonyl (C=O) groups is 2. The van der Waals surface area contributed by atoms with E-state index in [2.05, 4.69) is 29.1 Å². The highest BCUT2D eigenvalue weighted by atomic mass is 79.9. The Morgan fingerprint density at radius 3 is 2.33 bits per heavy atom. The van der Waals surface area contributed by atoms with E-state index in [1.165, 1.54) is 17.1 Å². The Kier molecular flexibility index (Phi) is 6.62. The Labute approximate surface area is 98.3 Å². The summed E-state index contributed by atoms with van der Waals surface area (Å²) in [7, 11) is 1.67. The third-order valence-corrected chi connectivity index (χ3v) is 2.21. The Balaban J connectivity index is 5.05. The first-order valence-electron chi connectivity index (χ1n) is 4.38. The zero-order chi connectivity index (χ0) is 11.8. The molecule has 0 saturated heterocycles. The molecular weight excluding hydrogens is 258 g/mol. The van der Waals surface area contributed by atoms with Crippen molar-refractivity contribution in [3.05, 3.63) is 36.5 Å². The highest BCUT2D eigenvalue weighted by Crippen LogP contribution is 2.08. The van der Waals surface area contributed by atoms with Crippen LogP contribution in [-0.2, 0) is 9.59 Å². The molecule has 3 nitrogen and oxygen atoms in total. The fourth-order valence-corrected chi connectivity index (χ4v) is 1.52.